The van der Waals surface area contributed by atoms with Gasteiger partial charge in [0.1, 0.15) is 6.10 Å². The molecule has 1 N–H and O–H groups in total. The van der Waals surface area contributed by atoms with E-state index in [2.05, 4.69) is 0 Å². The van der Waals surface area contributed by atoms with Gasteiger partial charge in [0.2, 0.25) is 5.54 Å². The van der Waals surface area contributed by atoms with Crippen molar-refractivity contribution in [2.75, 3.05) is 0 Å². The number of rotatable bonds is 5. The Balaban J connectivity index is 4.06. The van der Waals surface area contributed by atoms with Crippen LogP contribution in [0.4, 0.5) is 0 Å². The molecule has 0 aliphatic heterocycles. The first-order chi connectivity index (χ1) is 5.42. The fourth-order valence-corrected chi connectivity index (χ4v) is 0.872. The summed E-state index contributed by atoms with van der Waals surface area (Å²) >= 11 is 0. The monoisotopic (exact) mass is 175 g/mol. The standard InChI is InChI=1S/C8H17NO3/c1-4-5-6-7(10)8(2,3)9(11)12/h7,10H,4-6H2,1-3H3. The molecule has 1 atom stereocenters. The number of unbranched alkanes of at least 4 members (excludes halogenated alkanes) is 1. The Hall–Kier alpha value is -0.640. The first-order valence-electron chi connectivity index (χ1n) is 4.25. The molecule has 0 rings (SSSR count). The minimum atomic E-state index is -1.21. The highest BCUT2D eigenvalue weighted by Crippen LogP contribution is 2.18. The van der Waals surface area contributed by atoms with E-state index in [1.165, 1.54) is 13.8 Å². The molecule has 4 heteroatoms. The van der Waals surface area contributed by atoms with Gasteiger partial charge in [-0.1, -0.05) is 19.8 Å². The van der Waals surface area contributed by atoms with E-state index in [9.17, 15) is 15.2 Å². The summed E-state index contributed by atoms with van der Waals surface area (Å²) in [6.45, 7) is 4.90. The summed E-state index contributed by atoms with van der Waals surface area (Å²) in [6.07, 6.45) is 1.45. The molecular weight excluding hydrogens is 158 g/mol. The molecule has 0 aromatic rings. The minimum absolute atomic E-state index is 0.423. The van der Waals surface area contributed by atoms with Crippen molar-refractivity contribution in [2.45, 2.75) is 51.7 Å². The van der Waals surface area contributed by atoms with Crippen LogP contribution >= 0.6 is 0 Å². The predicted molar refractivity (Wildman–Crippen MR) is 46.6 cm³/mol. The van der Waals surface area contributed by atoms with Crippen LogP contribution in [-0.2, 0) is 0 Å². The van der Waals surface area contributed by atoms with E-state index >= 15 is 0 Å². The molecule has 0 aliphatic carbocycles. The summed E-state index contributed by atoms with van der Waals surface area (Å²) in [5.74, 6) is 0. The third-order valence-electron chi connectivity index (χ3n) is 2.12. The fourth-order valence-electron chi connectivity index (χ4n) is 0.872. The van der Waals surface area contributed by atoms with Crippen molar-refractivity contribution >= 4 is 0 Å². The van der Waals surface area contributed by atoms with Crippen LogP contribution in [-0.4, -0.2) is 21.7 Å². The van der Waals surface area contributed by atoms with E-state index in [0.717, 1.165) is 12.8 Å². The van der Waals surface area contributed by atoms with Gasteiger partial charge in [-0.15, -0.1) is 0 Å². The van der Waals surface area contributed by atoms with E-state index in [-0.39, 0.29) is 0 Å². The Bertz CT molecular complexity index is 156. The van der Waals surface area contributed by atoms with Gasteiger partial charge in [0.25, 0.3) is 0 Å². The molecule has 0 aromatic carbocycles. The molecule has 0 saturated carbocycles. The molecule has 0 fully saturated rings. The Morgan fingerprint density at radius 2 is 2.08 bits per heavy atom. The Kier molecular flexibility index (Phi) is 4.17. The van der Waals surface area contributed by atoms with Crippen LogP contribution < -0.4 is 0 Å². The maximum Gasteiger partial charge on any atom is 0.242 e. The Morgan fingerprint density at radius 1 is 1.58 bits per heavy atom. The molecule has 12 heavy (non-hydrogen) atoms. The third kappa shape index (κ3) is 2.77. The number of hydrogen-bond acceptors (Lipinski definition) is 3. The highest BCUT2D eigenvalue weighted by molar-refractivity contribution is 4.76. The Labute approximate surface area is 72.7 Å². The number of hydrogen-bond donors (Lipinski definition) is 1. The van der Waals surface area contributed by atoms with Crippen LogP contribution in [0, 0.1) is 10.1 Å². The minimum Gasteiger partial charge on any atom is -0.386 e. The summed E-state index contributed by atoms with van der Waals surface area (Å²) in [4.78, 5) is 10.0. The molecule has 0 heterocycles. The van der Waals surface area contributed by atoms with Crippen molar-refractivity contribution in [1.29, 1.82) is 0 Å². The molecular formula is C8H17NO3. The molecule has 72 valence electrons. The number of nitrogens with zero attached hydrogens (tertiary/aromatic N) is 1. The molecule has 1 unspecified atom stereocenters. The van der Waals surface area contributed by atoms with Crippen LogP contribution in [0.3, 0.4) is 0 Å². The highest BCUT2D eigenvalue weighted by atomic mass is 16.6. The second-order valence-corrected chi connectivity index (χ2v) is 3.57. The Morgan fingerprint density at radius 3 is 2.42 bits per heavy atom. The van der Waals surface area contributed by atoms with Gasteiger partial charge in [-0.2, -0.15) is 0 Å². The van der Waals surface area contributed by atoms with Gasteiger partial charge in [-0.25, -0.2) is 0 Å². The number of aliphatic hydroxyl groups is 1. The van der Waals surface area contributed by atoms with Crippen LogP contribution in [0.2, 0.25) is 0 Å². The normalized spacial score (nSPS) is 14.3. The van der Waals surface area contributed by atoms with Crippen LogP contribution in [0.5, 0.6) is 0 Å². The molecule has 0 saturated heterocycles. The molecule has 0 aromatic heterocycles. The van der Waals surface area contributed by atoms with Gasteiger partial charge in [-0.05, 0) is 6.42 Å². The highest BCUT2D eigenvalue weighted by Gasteiger charge is 2.38. The van der Waals surface area contributed by atoms with Crippen LogP contribution in [0.1, 0.15) is 40.0 Å². The summed E-state index contributed by atoms with van der Waals surface area (Å²) < 4.78 is 0. The lowest BCUT2D eigenvalue weighted by Crippen LogP contribution is -2.43. The van der Waals surface area contributed by atoms with E-state index in [0.29, 0.717) is 6.42 Å². The van der Waals surface area contributed by atoms with Gasteiger partial charge < -0.3 is 5.11 Å². The zero-order chi connectivity index (χ0) is 9.78. The second-order valence-electron chi connectivity index (χ2n) is 3.57. The second kappa shape index (κ2) is 4.40. The quantitative estimate of drug-likeness (QED) is 0.509. The molecule has 4 nitrogen and oxygen atoms in total. The van der Waals surface area contributed by atoms with E-state index < -0.39 is 16.6 Å². The smallest absolute Gasteiger partial charge is 0.242 e. The molecule has 0 spiro atoms. The molecule has 0 bridgehead atoms. The lowest BCUT2D eigenvalue weighted by molar-refractivity contribution is -0.573. The van der Waals surface area contributed by atoms with Gasteiger partial charge in [0.05, 0.1) is 0 Å². The molecule has 0 radical (unpaired) electrons. The maximum absolute atomic E-state index is 10.5. The van der Waals surface area contributed by atoms with Crippen molar-refractivity contribution in [2.24, 2.45) is 0 Å². The first-order valence-corrected chi connectivity index (χ1v) is 4.25. The summed E-state index contributed by atoms with van der Waals surface area (Å²) in [6, 6.07) is 0. The van der Waals surface area contributed by atoms with Crippen molar-refractivity contribution in [1.82, 2.24) is 0 Å². The van der Waals surface area contributed by atoms with E-state index in [1.54, 1.807) is 0 Å². The van der Waals surface area contributed by atoms with Gasteiger partial charge in [-0.3, -0.25) is 10.1 Å². The largest absolute Gasteiger partial charge is 0.386 e. The molecule has 0 amide bonds. The zero-order valence-corrected chi connectivity index (χ0v) is 7.91. The SMILES string of the molecule is CCCCC(O)C(C)(C)[N+](=O)[O-]. The summed E-state index contributed by atoms with van der Waals surface area (Å²) in [5, 5.41) is 19.9. The van der Waals surface area contributed by atoms with Crippen molar-refractivity contribution in [3.05, 3.63) is 10.1 Å². The van der Waals surface area contributed by atoms with Crippen molar-refractivity contribution < 1.29 is 10.0 Å². The molecule has 0 aliphatic rings. The number of aliphatic hydroxyl groups excluding tert-OH is 1. The van der Waals surface area contributed by atoms with Gasteiger partial charge >= 0.3 is 0 Å². The number of nitro groups is 1. The summed E-state index contributed by atoms with van der Waals surface area (Å²) in [5.41, 5.74) is -1.21. The third-order valence-corrected chi connectivity index (χ3v) is 2.12. The van der Waals surface area contributed by atoms with Crippen LogP contribution in [0.15, 0.2) is 0 Å². The lowest BCUT2D eigenvalue weighted by atomic mass is 9.94. The van der Waals surface area contributed by atoms with Gasteiger partial charge in [0.15, 0.2) is 0 Å². The first kappa shape index (κ1) is 11.4. The zero-order valence-electron chi connectivity index (χ0n) is 7.91. The fraction of sp³-hybridized carbons (Fsp3) is 1.00. The lowest BCUT2D eigenvalue weighted by Gasteiger charge is -2.21. The summed E-state index contributed by atoms with van der Waals surface area (Å²) in [7, 11) is 0. The van der Waals surface area contributed by atoms with Crippen molar-refractivity contribution in [3.63, 3.8) is 0 Å². The predicted octanol–water partition coefficient (Wildman–Crippen LogP) is 1.59. The average Bonchev–Trinajstić information content (AvgIpc) is 1.99. The van der Waals surface area contributed by atoms with Gasteiger partial charge in [0, 0.05) is 18.8 Å². The maximum atomic E-state index is 10.5. The topological polar surface area (TPSA) is 63.4 Å². The van der Waals surface area contributed by atoms with E-state index in [4.69, 9.17) is 0 Å². The van der Waals surface area contributed by atoms with Crippen molar-refractivity contribution in [3.8, 4) is 0 Å². The van der Waals surface area contributed by atoms with Crippen LogP contribution in [0.25, 0.3) is 0 Å². The average molecular weight is 175 g/mol. The van der Waals surface area contributed by atoms with E-state index in [1.807, 2.05) is 6.92 Å².